The Bertz CT molecular complexity index is 463. The van der Waals surface area contributed by atoms with Gasteiger partial charge in [-0.05, 0) is 12.1 Å². The van der Waals surface area contributed by atoms with Crippen molar-refractivity contribution in [2.45, 2.75) is 0 Å². The van der Waals surface area contributed by atoms with Gasteiger partial charge in [0.1, 0.15) is 17.0 Å². The van der Waals surface area contributed by atoms with Gasteiger partial charge in [0.25, 0.3) is 0 Å². The van der Waals surface area contributed by atoms with Crippen LogP contribution in [0.25, 0.3) is 0 Å². The van der Waals surface area contributed by atoms with E-state index in [-0.39, 0.29) is 5.17 Å². The Morgan fingerprint density at radius 3 is 2.81 bits per heavy atom. The molecule has 0 aliphatic carbocycles. The first-order valence-corrected chi connectivity index (χ1v) is 4.85. The number of benzene rings is 1. The Hall–Kier alpha value is -1.99. The summed E-state index contributed by atoms with van der Waals surface area (Å²) in [7, 11) is 1.64. The lowest BCUT2D eigenvalue weighted by Crippen LogP contribution is -2.13. The second-order valence-corrected chi connectivity index (χ2v) is 3.22. The molecular formula is C11H10ClN3O. The number of rotatable bonds is 4. The van der Waals surface area contributed by atoms with Crippen LogP contribution in [0.3, 0.4) is 0 Å². The van der Waals surface area contributed by atoms with Gasteiger partial charge in [0.05, 0.1) is 5.56 Å². The normalized spacial score (nSPS) is 10.4. The highest BCUT2D eigenvalue weighted by Gasteiger charge is 2.04. The first-order valence-electron chi connectivity index (χ1n) is 4.48. The third kappa shape index (κ3) is 3.30. The highest BCUT2D eigenvalue weighted by molar-refractivity contribution is 6.67. The second kappa shape index (κ2) is 5.79. The average Bonchev–Trinajstić information content (AvgIpc) is 2.28. The molecule has 0 radical (unpaired) electrons. The van der Waals surface area contributed by atoms with Gasteiger partial charge in [-0.15, -0.1) is 0 Å². The zero-order valence-electron chi connectivity index (χ0n) is 8.62. The van der Waals surface area contributed by atoms with Gasteiger partial charge in [-0.2, -0.15) is 5.26 Å². The van der Waals surface area contributed by atoms with Gasteiger partial charge >= 0.3 is 0 Å². The smallest absolute Gasteiger partial charge is 0.196 e. The summed E-state index contributed by atoms with van der Waals surface area (Å²) in [5.41, 5.74) is 0.421. The fourth-order valence-electron chi connectivity index (χ4n) is 1.03. The molecule has 0 aromatic heterocycles. The molecule has 1 aromatic carbocycles. The average molecular weight is 236 g/mol. The van der Waals surface area contributed by atoms with Crippen LogP contribution in [0.2, 0.25) is 0 Å². The lowest BCUT2D eigenvalue weighted by molar-refractivity contribution is 0.392. The van der Waals surface area contributed by atoms with E-state index in [4.69, 9.17) is 27.0 Å². The molecule has 16 heavy (non-hydrogen) atoms. The summed E-state index contributed by atoms with van der Waals surface area (Å²) >= 11 is 5.41. The Kier molecular flexibility index (Phi) is 4.37. The maximum absolute atomic E-state index is 8.85. The number of ether oxygens (including phenoxy) is 1. The van der Waals surface area contributed by atoms with Crippen molar-refractivity contribution in [3.05, 3.63) is 41.8 Å². The first kappa shape index (κ1) is 12.1. The van der Waals surface area contributed by atoms with Crippen LogP contribution in [-0.4, -0.2) is 12.2 Å². The van der Waals surface area contributed by atoms with Crippen molar-refractivity contribution in [3.8, 4) is 11.8 Å². The van der Waals surface area contributed by atoms with Crippen LogP contribution in [-0.2, 0) is 0 Å². The first-order chi connectivity index (χ1) is 7.67. The number of nitrogens with zero attached hydrogens (tertiary/aromatic N) is 1. The van der Waals surface area contributed by atoms with E-state index >= 15 is 0 Å². The maximum Gasteiger partial charge on any atom is 0.196 e. The molecule has 0 aliphatic rings. The summed E-state index contributed by atoms with van der Waals surface area (Å²) < 4.78 is 5.40. The number of allylic oxidation sites excluding steroid dienone is 1. The van der Waals surface area contributed by atoms with E-state index in [2.05, 4.69) is 5.32 Å². The van der Waals surface area contributed by atoms with Gasteiger partial charge in [-0.1, -0.05) is 23.7 Å². The maximum atomic E-state index is 8.85. The molecule has 4 nitrogen and oxygen atoms in total. The van der Waals surface area contributed by atoms with Crippen molar-refractivity contribution >= 4 is 16.8 Å². The van der Waals surface area contributed by atoms with Gasteiger partial charge in [0.2, 0.25) is 0 Å². The van der Waals surface area contributed by atoms with E-state index in [1.165, 1.54) is 6.08 Å². The van der Waals surface area contributed by atoms with Crippen molar-refractivity contribution in [1.82, 2.24) is 5.32 Å². The number of hydrogen-bond acceptors (Lipinski definition) is 4. The van der Waals surface area contributed by atoms with Crippen molar-refractivity contribution in [1.29, 1.82) is 10.7 Å². The van der Waals surface area contributed by atoms with Crippen LogP contribution in [0.4, 0.5) is 0 Å². The minimum Gasteiger partial charge on any atom is -0.440 e. The van der Waals surface area contributed by atoms with E-state index in [9.17, 15) is 0 Å². The molecule has 0 spiro atoms. The summed E-state index contributed by atoms with van der Waals surface area (Å²) in [6.45, 7) is 0. The molecule has 0 amide bonds. The minimum atomic E-state index is -0.154. The topological polar surface area (TPSA) is 68.9 Å². The van der Waals surface area contributed by atoms with E-state index in [0.29, 0.717) is 17.2 Å². The van der Waals surface area contributed by atoms with Gasteiger partial charge < -0.3 is 10.1 Å². The number of halogens is 1. The molecule has 82 valence electrons. The molecule has 1 rings (SSSR count). The van der Waals surface area contributed by atoms with E-state index < -0.39 is 0 Å². The third-order valence-corrected chi connectivity index (χ3v) is 1.84. The van der Waals surface area contributed by atoms with Gasteiger partial charge in [0.15, 0.2) is 5.88 Å². The lowest BCUT2D eigenvalue weighted by atomic mass is 10.2. The summed E-state index contributed by atoms with van der Waals surface area (Å²) in [4.78, 5) is 0. The molecule has 5 heteroatoms. The number of nitriles is 1. The van der Waals surface area contributed by atoms with Crippen molar-refractivity contribution in [2.75, 3.05) is 7.05 Å². The van der Waals surface area contributed by atoms with Crippen LogP contribution in [0.15, 0.2) is 36.2 Å². The fraction of sp³-hybridized carbons (Fsp3) is 0.0909. The Morgan fingerprint density at radius 1 is 1.56 bits per heavy atom. The van der Waals surface area contributed by atoms with Crippen LogP contribution >= 0.6 is 11.6 Å². The molecular weight excluding hydrogens is 226 g/mol. The molecule has 0 atom stereocenters. The zero-order chi connectivity index (χ0) is 12.0. The standard InChI is InChI=1S/C11H10ClN3O/c1-15-11(6-10(12)14)16-9-5-3-2-4-8(9)7-13/h2-6,14-15H,1H3/b11-6+,14-10?. The van der Waals surface area contributed by atoms with Crippen LogP contribution in [0, 0.1) is 16.7 Å². The van der Waals surface area contributed by atoms with Gasteiger partial charge in [-0.25, -0.2) is 0 Å². The van der Waals surface area contributed by atoms with Crippen molar-refractivity contribution in [3.63, 3.8) is 0 Å². The monoisotopic (exact) mass is 235 g/mol. The molecule has 0 aliphatic heterocycles. The summed E-state index contributed by atoms with van der Waals surface area (Å²) in [5.74, 6) is 0.728. The van der Waals surface area contributed by atoms with Crippen LogP contribution in [0.1, 0.15) is 5.56 Å². The van der Waals surface area contributed by atoms with E-state index in [1.54, 1.807) is 31.3 Å². The number of para-hydroxylation sites is 1. The minimum absolute atomic E-state index is 0.154. The van der Waals surface area contributed by atoms with Crippen molar-refractivity contribution in [2.24, 2.45) is 0 Å². The predicted molar refractivity (Wildman–Crippen MR) is 62.5 cm³/mol. The third-order valence-electron chi connectivity index (χ3n) is 1.73. The lowest BCUT2D eigenvalue weighted by Gasteiger charge is -2.09. The highest BCUT2D eigenvalue weighted by atomic mass is 35.5. The number of hydrogen-bond donors (Lipinski definition) is 2. The Labute approximate surface area is 98.6 Å². The second-order valence-electron chi connectivity index (χ2n) is 2.82. The molecule has 0 unspecified atom stereocenters. The predicted octanol–water partition coefficient (Wildman–Crippen LogP) is 2.21. The number of nitrogens with one attached hydrogen (secondary N) is 2. The SMILES string of the molecule is CN/C(=C\C(=N)Cl)Oc1ccccc1C#N. The Balaban J connectivity index is 2.95. The zero-order valence-corrected chi connectivity index (χ0v) is 9.38. The Morgan fingerprint density at radius 2 is 2.25 bits per heavy atom. The van der Waals surface area contributed by atoms with Crippen molar-refractivity contribution < 1.29 is 4.74 Å². The molecule has 0 saturated carbocycles. The summed E-state index contributed by atoms with van der Waals surface area (Å²) in [6.07, 6.45) is 1.32. The van der Waals surface area contributed by atoms with E-state index in [0.717, 1.165) is 0 Å². The largest absolute Gasteiger partial charge is 0.440 e. The molecule has 0 saturated heterocycles. The summed E-state index contributed by atoms with van der Waals surface area (Å²) in [5, 5.41) is 18.5. The fourth-order valence-corrected chi connectivity index (χ4v) is 1.13. The highest BCUT2D eigenvalue weighted by Crippen LogP contribution is 2.18. The van der Waals surface area contributed by atoms with Crippen LogP contribution in [0.5, 0.6) is 5.75 Å². The quantitative estimate of drug-likeness (QED) is 0.621. The molecule has 1 aromatic rings. The van der Waals surface area contributed by atoms with Gasteiger partial charge in [0, 0.05) is 13.1 Å². The summed E-state index contributed by atoms with van der Waals surface area (Å²) in [6, 6.07) is 8.83. The van der Waals surface area contributed by atoms with Crippen LogP contribution < -0.4 is 10.1 Å². The molecule has 0 fully saturated rings. The molecule has 0 heterocycles. The molecule has 2 N–H and O–H groups in total. The van der Waals surface area contributed by atoms with E-state index in [1.807, 2.05) is 6.07 Å². The van der Waals surface area contributed by atoms with Gasteiger partial charge in [-0.3, -0.25) is 5.41 Å². The molecule has 0 bridgehead atoms.